The van der Waals surface area contributed by atoms with Crippen LogP contribution in [0.5, 0.6) is 0 Å². The number of benzene rings is 2. The summed E-state index contributed by atoms with van der Waals surface area (Å²) >= 11 is 0. The van der Waals surface area contributed by atoms with Crippen molar-refractivity contribution in [1.82, 2.24) is 5.32 Å². The van der Waals surface area contributed by atoms with E-state index >= 15 is 0 Å². The molecule has 0 saturated heterocycles. The number of nitrogens with zero attached hydrogens (tertiary/aromatic N) is 1. The van der Waals surface area contributed by atoms with E-state index in [-0.39, 0.29) is 29.9 Å². The number of para-hydroxylation sites is 1. The first kappa shape index (κ1) is 23.7. The Morgan fingerprint density at radius 1 is 0.938 bits per heavy atom. The van der Waals surface area contributed by atoms with Gasteiger partial charge < -0.3 is 10.2 Å². The highest BCUT2D eigenvalue weighted by Gasteiger charge is 2.22. The molecule has 5 heteroatoms. The molecule has 0 fully saturated rings. The van der Waals surface area contributed by atoms with E-state index in [1.807, 2.05) is 36.9 Å². The van der Waals surface area contributed by atoms with E-state index in [1.54, 1.807) is 0 Å². The molecule has 0 aromatic heterocycles. The highest BCUT2D eigenvalue weighted by molar-refractivity contribution is 5.94. The summed E-state index contributed by atoms with van der Waals surface area (Å²) < 4.78 is 0. The molecule has 32 heavy (non-hydrogen) atoms. The van der Waals surface area contributed by atoms with Crippen LogP contribution in [0.3, 0.4) is 0 Å². The smallest absolute Gasteiger partial charge is 0.229 e. The molecule has 0 spiro atoms. The third-order valence-electron chi connectivity index (χ3n) is 6.07. The minimum atomic E-state index is -0.108. The molecule has 1 heterocycles. The van der Waals surface area contributed by atoms with E-state index in [0.29, 0.717) is 32.4 Å². The zero-order chi connectivity index (χ0) is 23.1. The zero-order valence-corrected chi connectivity index (χ0v) is 19.4. The third-order valence-corrected chi connectivity index (χ3v) is 6.07. The average Bonchev–Trinajstić information content (AvgIpc) is 2.75. The van der Waals surface area contributed by atoms with Gasteiger partial charge >= 0.3 is 0 Å². The van der Waals surface area contributed by atoms with Crippen LogP contribution in [0.25, 0.3) is 0 Å². The summed E-state index contributed by atoms with van der Waals surface area (Å²) in [5.74, 6) is 0.0778. The van der Waals surface area contributed by atoms with Gasteiger partial charge in [0.05, 0.1) is 6.54 Å². The number of amides is 2. The number of hydrogen-bond acceptors (Lipinski definition) is 3. The monoisotopic (exact) mass is 434 g/mol. The second-order valence-electron chi connectivity index (χ2n) is 8.96. The van der Waals surface area contributed by atoms with E-state index < -0.39 is 0 Å². The van der Waals surface area contributed by atoms with Crippen LogP contribution in [-0.2, 0) is 33.8 Å². The van der Waals surface area contributed by atoms with Crippen LogP contribution in [0.1, 0.15) is 61.8 Å². The number of anilines is 1. The third kappa shape index (κ3) is 6.28. The molecule has 0 bridgehead atoms. The highest BCUT2D eigenvalue weighted by Crippen LogP contribution is 2.29. The molecule has 1 aliphatic heterocycles. The topological polar surface area (TPSA) is 66.5 Å². The summed E-state index contributed by atoms with van der Waals surface area (Å²) in [6.07, 6.45) is 3.38. The lowest BCUT2D eigenvalue weighted by Gasteiger charge is -2.29. The molecule has 1 aliphatic rings. The van der Waals surface area contributed by atoms with Crippen LogP contribution in [0.15, 0.2) is 42.5 Å². The van der Waals surface area contributed by atoms with Crippen molar-refractivity contribution in [2.45, 2.75) is 65.8 Å². The number of carbonyl (C=O) groups is 3. The van der Waals surface area contributed by atoms with E-state index in [1.165, 1.54) is 22.3 Å². The van der Waals surface area contributed by atoms with Crippen molar-refractivity contribution < 1.29 is 14.4 Å². The van der Waals surface area contributed by atoms with Crippen LogP contribution >= 0.6 is 0 Å². The van der Waals surface area contributed by atoms with Crippen LogP contribution in [-0.4, -0.2) is 24.1 Å². The molecular weight excluding hydrogens is 400 g/mol. The summed E-state index contributed by atoms with van der Waals surface area (Å²) in [6, 6.07) is 14.5. The molecule has 0 atom stereocenters. The second-order valence-corrected chi connectivity index (χ2v) is 8.96. The lowest BCUT2D eigenvalue weighted by atomic mass is 9.94. The lowest BCUT2D eigenvalue weighted by molar-refractivity contribution is -0.122. The maximum Gasteiger partial charge on any atom is 0.229 e. The summed E-state index contributed by atoms with van der Waals surface area (Å²) in [6.45, 7) is 6.68. The Morgan fingerprint density at radius 3 is 2.47 bits per heavy atom. The minimum absolute atomic E-state index is 0.00107. The molecule has 0 saturated carbocycles. The van der Waals surface area contributed by atoms with Gasteiger partial charge in [-0.05, 0) is 48.9 Å². The lowest BCUT2D eigenvalue weighted by Crippen LogP contribution is -2.35. The Bertz CT molecular complexity index is 981. The van der Waals surface area contributed by atoms with Gasteiger partial charge in [-0.3, -0.25) is 14.4 Å². The molecule has 0 aliphatic carbocycles. The molecule has 0 radical (unpaired) electrons. The molecule has 170 valence electrons. The van der Waals surface area contributed by atoms with Gasteiger partial charge in [-0.25, -0.2) is 0 Å². The summed E-state index contributed by atoms with van der Waals surface area (Å²) in [5.41, 5.74) is 5.83. The Kier molecular flexibility index (Phi) is 8.20. The Balaban J connectivity index is 1.61. The van der Waals surface area contributed by atoms with E-state index in [4.69, 9.17) is 0 Å². The fourth-order valence-corrected chi connectivity index (χ4v) is 4.12. The number of aryl methyl sites for hydroxylation is 3. The molecule has 0 unspecified atom stereocenters. The number of fused-ring (bicyclic) bond motifs is 2. The van der Waals surface area contributed by atoms with Gasteiger partial charge in [0, 0.05) is 37.4 Å². The van der Waals surface area contributed by atoms with Crippen LogP contribution in [0.2, 0.25) is 0 Å². The first-order chi connectivity index (χ1) is 15.3. The minimum Gasteiger partial charge on any atom is -0.356 e. The van der Waals surface area contributed by atoms with Gasteiger partial charge in [0.1, 0.15) is 5.78 Å². The van der Waals surface area contributed by atoms with Gasteiger partial charge in [0.2, 0.25) is 11.8 Å². The van der Waals surface area contributed by atoms with Crippen molar-refractivity contribution in [3.8, 4) is 0 Å². The van der Waals surface area contributed by atoms with Gasteiger partial charge in [0.25, 0.3) is 0 Å². The SMILES string of the molecule is Cc1ccc2c(c1)CCc1ccccc1N(C(=O)CCNC(=O)CCCC(=O)C(C)C)C2. The van der Waals surface area contributed by atoms with Gasteiger partial charge in [-0.1, -0.05) is 55.8 Å². The van der Waals surface area contributed by atoms with Crippen molar-refractivity contribution in [1.29, 1.82) is 0 Å². The fraction of sp³-hybridized carbons (Fsp3) is 0.444. The first-order valence-corrected chi connectivity index (χ1v) is 11.6. The fourth-order valence-electron chi connectivity index (χ4n) is 4.12. The molecule has 1 N–H and O–H groups in total. The van der Waals surface area contributed by atoms with Gasteiger partial charge in [0.15, 0.2) is 0 Å². The molecule has 5 nitrogen and oxygen atoms in total. The van der Waals surface area contributed by atoms with E-state index in [9.17, 15) is 14.4 Å². The molecule has 2 amide bonds. The average molecular weight is 435 g/mol. The number of hydrogen-bond donors (Lipinski definition) is 1. The number of ketones is 1. The first-order valence-electron chi connectivity index (χ1n) is 11.6. The Labute approximate surface area is 191 Å². The van der Waals surface area contributed by atoms with Gasteiger partial charge in [-0.15, -0.1) is 0 Å². The normalized spacial score (nSPS) is 13.1. The number of rotatable bonds is 8. The quantitative estimate of drug-likeness (QED) is 0.664. The van der Waals surface area contributed by atoms with Crippen LogP contribution in [0.4, 0.5) is 5.69 Å². The summed E-state index contributed by atoms with van der Waals surface area (Å²) in [7, 11) is 0. The van der Waals surface area contributed by atoms with Crippen molar-refractivity contribution >= 4 is 23.3 Å². The Morgan fingerprint density at radius 2 is 1.69 bits per heavy atom. The summed E-state index contributed by atoms with van der Waals surface area (Å²) in [5, 5.41) is 2.84. The van der Waals surface area contributed by atoms with Crippen molar-refractivity contribution in [2.75, 3.05) is 11.4 Å². The Hall–Kier alpha value is -2.95. The van der Waals surface area contributed by atoms with E-state index in [0.717, 1.165) is 18.5 Å². The van der Waals surface area contributed by atoms with Crippen molar-refractivity contribution in [2.24, 2.45) is 5.92 Å². The number of nitrogens with one attached hydrogen (secondary N) is 1. The molecular formula is C27H34N2O3. The van der Waals surface area contributed by atoms with Crippen LogP contribution < -0.4 is 10.2 Å². The predicted molar refractivity (Wildman–Crippen MR) is 128 cm³/mol. The number of Topliss-reactive ketones (excluding diaryl/α,β-unsaturated/α-hetero) is 1. The van der Waals surface area contributed by atoms with E-state index in [2.05, 4.69) is 36.5 Å². The van der Waals surface area contributed by atoms with Gasteiger partial charge in [-0.2, -0.15) is 0 Å². The van der Waals surface area contributed by atoms with Crippen molar-refractivity contribution in [3.05, 3.63) is 64.7 Å². The maximum atomic E-state index is 13.2. The highest BCUT2D eigenvalue weighted by atomic mass is 16.2. The second kappa shape index (κ2) is 11.1. The number of carbonyl (C=O) groups excluding carboxylic acids is 3. The van der Waals surface area contributed by atoms with Crippen molar-refractivity contribution in [3.63, 3.8) is 0 Å². The van der Waals surface area contributed by atoms with Crippen LogP contribution in [0, 0.1) is 12.8 Å². The molecule has 2 aromatic rings. The molecule has 3 rings (SSSR count). The zero-order valence-electron chi connectivity index (χ0n) is 19.4. The standard InChI is InChI=1S/C27H34N2O3/c1-19(2)25(30)9-6-10-26(31)28-16-15-27(32)29-18-23-12-11-20(3)17-22(23)14-13-21-7-4-5-8-24(21)29/h4-5,7-8,11-12,17,19H,6,9-10,13-16,18H2,1-3H3,(H,28,31). The largest absolute Gasteiger partial charge is 0.356 e. The summed E-state index contributed by atoms with van der Waals surface area (Å²) in [4.78, 5) is 38.8. The maximum absolute atomic E-state index is 13.2. The predicted octanol–water partition coefficient (Wildman–Crippen LogP) is 4.53. The molecule has 2 aromatic carbocycles.